The zero-order valence-corrected chi connectivity index (χ0v) is 11.4. The molecule has 1 N–H and O–H groups in total. The molecule has 3 atom stereocenters. The van der Waals surface area contributed by atoms with Crippen LogP contribution in [0.1, 0.15) is 39.0 Å². The Kier molecular flexibility index (Phi) is 3.57. The maximum absolute atomic E-state index is 12.6. The highest BCUT2D eigenvalue weighted by molar-refractivity contribution is 5.82. The van der Waals surface area contributed by atoms with Gasteiger partial charge >= 0.3 is 0 Å². The van der Waals surface area contributed by atoms with Crippen molar-refractivity contribution in [3.63, 3.8) is 0 Å². The fraction of sp³-hybridized carbons (Fsp3) is 0.929. The number of nitrogens with one attached hydrogen (secondary N) is 1. The first kappa shape index (κ1) is 12.4. The van der Waals surface area contributed by atoms with Gasteiger partial charge in [0.1, 0.15) is 0 Å². The summed E-state index contributed by atoms with van der Waals surface area (Å²) in [6.45, 7) is 6.48. The highest BCUT2D eigenvalue weighted by Gasteiger charge is 2.38. The molecule has 3 aliphatic rings. The van der Waals surface area contributed by atoms with Crippen LogP contribution >= 0.6 is 0 Å². The van der Waals surface area contributed by atoms with Gasteiger partial charge in [-0.2, -0.15) is 0 Å². The minimum Gasteiger partial charge on any atom is -0.336 e. The maximum Gasteiger partial charge on any atom is 0.240 e. The number of piperazine rings is 1. The Balaban J connectivity index is 1.65. The Hall–Kier alpha value is -0.610. The van der Waals surface area contributed by atoms with Crippen LogP contribution in [0.2, 0.25) is 0 Å². The van der Waals surface area contributed by atoms with Gasteiger partial charge in [-0.1, -0.05) is 6.42 Å². The molecule has 4 heteroatoms. The highest BCUT2D eigenvalue weighted by Crippen LogP contribution is 2.25. The van der Waals surface area contributed by atoms with Crippen LogP contribution in [0.3, 0.4) is 0 Å². The first-order valence-corrected chi connectivity index (χ1v) is 7.53. The molecule has 0 spiro atoms. The van der Waals surface area contributed by atoms with Crippen LogP contribution in [0.4, 0.5) is 0 Å². The van der Waals surface area contributed by atoms with Gasteiger partial charge < -0.3 is 10.2 Å². The fourth-order valence-corrected chi connectivity index (χ4v) is 3.76. The number of amides is 1. The van der Waals surface area contributed by atoms with Crippen molar-refractivity contribution in [1.82, 2.24) is 15.1 Å². The van der Waals surface area contributed by atoms with Crippen LogP contribution in [-0.2, 0) is 4.79 Å². The molecule has 4 nitrogen and oxygen atoms in total. The zero-order chi connectivity index (χ0) is 12.5. The van der Waals surface area contributed by atoms with Crippen LogP contribution in [-0.4, -0.2) is 60.0 Å². The molecular formula is C14H25N3O. The topological polar surface area (TPSA) is 35.6 Å². The highest BCUT2D eigenvalue weighted by atomic mass is 16.2. The molecule has 3 fully saturated rings. The van der Waals surface area contributed by atoms with Gasteiger partial charge in [0.15, 0.2) is 0 Å². The molecule has 0 aromatic heterocycles. The predicted octanol–water partition coefficient (Wildman–Crippen LogP) is 0.824. The predicted molar refractivity (Wildman–Crippen MR) is 71.4 cm³/mol. The van der Waals surface area contributed by atoms with Crippen molar-refractivity contribution in [2.24, 2.45) is 0 Å². The number of fused-ring (bicyclic) bond motifs is 1. The summed E-state index contributed by atoms with van der Waals surface area (Å²) in [6, 6.07) is 1.11. The van der Waals surface area contributed by atoms with E-state index in [9.17, 15) is 4.79 Å². The SMILES string of the molecule is CC1CN2CCCC2CN1C(=O)C1CCCCN1. The number of nitrogens with zero attached hydrogens (tertiary/aromatic N) is 2. The van der Waals surface area contributed by atoms with E-state index >= 15 is 0 Å². The van der Waals surface area contributed by atoms with Crippen molar-refractivity contribution in [3.05, 3.63) is 0 Å². The molecule has 3 saturated heterocycles. The van der Waals surface area contributed by atoms with Gasteiger partial charge in [0, 0.05) is 25.2 Å². The zero-order valence-electron chi connectivity index (χ0n) is 11.4. The quantitative estimate of drug-likeness (QED) is 0.749. The fourth-order valence-electron chi connectivity index (χ4n) is 3.76. The lowest BCUT2D eigenvalue weighted by Crippen LogP contribution is -2.60. The molecule has 3 rings (SSSR count). The second kappa shape index (κ2) is 5.17. The second-order valence-corrected chi connectivity index (χ2v) is 6.13. The van der Waals surface area contributed by atoms with E-state index in [1.807, 2.05) is 0 Å². The van der Waals surface area contributed by atoms with Gasteiger partial charge in [-0.25, -0.2) is 0 Å². The van der Waals surface area contributed by atoms with E-state index in [4.69, 9.17) is 0 Å². The summed E-state index contributed by atoms with van der Waals surface area (Å²) in [6.07, 6.45) is 6.02. The van der Waals surface area contributed by atoms with E-state index in [0.717, 1.165) is 26.1 Å². The van der Waals surface area contributed by atoms with Crippen LogP contribution in [0, 0.1) is 0 Å². The summed E-state index contributed by atoms with van der Waals surface area (Å²) in [5, 5.41) is 3.39. The van der Waals surface area contributed by atoms with Gasteiger partial charge in [0.2, 0.25) is 5.91 Å². The molecule has 102 valence electrons. The number of hydrogen-bond acceptors (Lipinski definition) is 3. The van der Waals surface area contributed by atoms with Gasteiger partial charge in [-0.15, -0.1) is 0 Å². The van der Waals surface area contributed by atoms with E-state index in [0.29, 0.717) is 18.0 Å². The van der Waals surface area contributed by atoms with Crippen molar-refractivity contribution >= 4 is 5.91 Å². The summed E-state index contributed by atoms with van der Waals surface area (Å²) >= 11 is 0. The molecule has 0 bridgehead atoms. The Labute approximate surface area is 110 Å². The molecule has 0 saturated carbocycles. The Morgan fingerprint density at radius 3 is 2.83 bits per heavy atom. The first-order chi connectivity index (χ1) is 8.75. The second-order valence-electron chi connectivity index (χ2n) is 6.13. The van der Waals surface area contributed by atoms with E-state index in [1.165, 1.54) is 32.2 Å². The smallest absolute Gasteiger partial charge is 0.240 e. The number of carbonyl (C=O) groups excluding carboxylic acids is 1. The van der Waals surface area contributed by atoms with E-state index < -0.39 is 0 Å². The van der Waals surface area contributed by atoms with Crippen molar-refractivity contribution in [2.75, 3.05) is 26.2 Å². The van der Waals surface area contributed by atoms with Crippen LogP contribution < -0.4 is 5.32 Å². The molecule has 0 radical (unpaired) electrons. The van der Waals surface area contributed by atoms with E-state index in [1.54, 1.807) is 0 Å². The Morgan fingerprint density at radius 2 is 2.06 bits per heavy atom. The monoisotopic (exact) mass is 251 g/mol. The lowest BCUT2D eigenvalue weighted by molar-refractivity contribution is -0.139. The molecule has 3 aliphatic heterocycles. The van der Waals surface area contributed by atoms with E-state index in [-0.39, 0.29) is 6.04 Å². The number of piperidine rings is 1. The molecule has 0 aromatic rings. The average molecular weight is 251 g/mol. The van der Waals surface area contributed by atoms with Gasteiger partial charge in [-0.05, 0) is 45.7 Å². The molecule has 1 amide bonds. The third-order valence-electron chi connectivity index (χ3n) is 4.83. The van der Waals surface area contributed by atoms with Crippen molar-refractivity contribution in [2.45, 2.75) is 57.2 Å². The standard InChI is InChI=1S/C14H25N3O/c1-11-9-16-8-4-5-12(16)10-17(11)14(18)13-6-2-3-7-15-13/h11-13,15H,2-10H2,1H3. The van der Waals surface area contributed by atoms with Crippen LogP contribution in [0.15, 0.2) is 0 Å². The molecule has 0 aromatic carbocycles. The summed E-state index contributed by atoms with van der Waals surface area (Å²) < 4.78 is 0. The number of rotatable bonds is 1. The number of carbonyl (C=O) groups is 1. The summed E-state index contributed by atoms with van der Waals surface area (Å²) in [7, 11) is 0. The molecule has 3 unspecified atom stereocenters. The molecule has 18 heavy (non-hydrogen) atoms. The van der Waals surface area contributed by atoms with Gasteiger partial charge in [0.05, 0.1) is 6.04 Å². The Morgan fingerprint density at radius 1 is 1.17 bits per heavy atom. The first-order valence-electron chi connectivity index (χ1n) is 7.53. The Bertz CT molecular complexity index is 314. The third kappa shape index (κ3) is 2.28. The molecule has 0 aliphatic carbocycles. The van der Waals surface area contributed by atoms with E-state index in [2.05, 4.69) is 22.0 Å². The lowest BCUT2D eigenvalue weighted by Gasteiger charge is -2.44. The average Bonchev–Trinajstić information content (AvgIpc) is 2.85. The normalized spacial score (nSPS) is 37.6. The summed E-state index contributed by atoms with van der Waals surface area (Å²) in [5.41, 5.74) is 0. The van der Waals surface area contributed by atoms with Crippen molar-refractivity contribution in [3.8, 4) is 0 Å². The van der Waals surface area contributed by atoms with Crippen LogP contribution in [0.25, 0.3) is 0 Å². The number of hydrogen-bond donors (Lipinski definition) is 1. The minimum absolute atomic E-state index is 0.0918. The summed E-state index contributed by atoms with van der Waals surface area (Å²) in [5.74, 6) is 0.355. The molecule has 3 heterocycles. The molecular weight excluding hydrogens is 226 g/mol. The van der Waals surface area contributed by atoms with Crippen LogP contribution in [0.5, 0.6) is 0 Å². The largest absolute Gasteiger partial charge is 0.336 e. The van der Waals surface area contributed by atoms with Gasteiger partial charge in [0.25, 0.3) is 0 Å². The minimum atomic E-state index is 0.0918. The van der Waals surface area contributed by atoms with Crippen molar-refractivity contribution in [1.29, 1.82) is 0 Å². The van der Waals surface area contributed by atoms with Crippen molar-refractivity contribution < 1.29 is 4.79 Å². The maximum atomic E-state index is 12.6. The van der Waals surface area contributed by atoms with Gasteiger partial charge in [-0.3, -0.25) is 9.69 Å². The lowest BCUT2D eigenvalue weighted by atomic mass is 10.0. The summed E-state index contributed by atoms with van der Waals surface area (Å²) in [4.78, 5) is 17.3. The third-order valence-corrected chi connectivity index (χ3v) is 4.83.